The molecule has 1 aromatic rings. The Bertz CT molecular complexity index is 395. The zero-order chi connectivity index (χ0) is 11.5. The Labute approximate surface area is 93.9 Å². The molecule has 0 aromatic carbocycles. The number of likely N-dealkylation sites (tertiary alicyclic amines) is 1. The highest BCUT2D eigenvalue weighted by Gasteiger charge is 2.28. The fourth-order valence-electron chi connectivity index (χ4n) is 2.12. The van der Waals surface area contributed by atoms with Gasteiger partial charge in [0.15, 0.2) is 0 Å². The lowest BCUT2D eigenvalue weighted by molar-refractivity contribution is 0.105. The number of nitrogens with two attached hydrogens (primary N) is 1. The smallest absolute Gasteiger partial charge is 0.407 e. The van der Waals surface area contributed by atoms with E-state index in [0.29, 0.717) is 12.2 Å². The molecule has 16 heavy (non-hydrogen) atoms. The van der Waals surface area contributed by atoms with Crippen molar-refractivity contribution in [2.24, 2.45) is 0 Å². The van der Waals surface area contributed by atoms with Gasteiger partial charge < -0.3 is 10.8 Å². The lowest BCUT2D eigenvalue weighted by Crippen LogP contribution is -2.37. The number of nitrogen functional groups attached to an aromatic ring is 1. The lowest BCUT2D eigenvalue weighted by atomic mass is 9.99. The minimum atomic E-state index is -0.881. The molecule has 1 atom stereocenters. The number of anilines is 1. The maximum Gasteiger partial charge on any atom is 0.407 e. The van der Waals surface area contributed by atoms with E-state index in [0.717, 1.165) is 25.0 Å². The Morgan fingerprint density at radius 1 is 1.56 bits per heavy atom. The zero-order valence-corrected chi connectivity index (χ0v) is 8.97. The molecule has 0 bridgehead atoms. The fourth-order valence-corrected chi connectivity index (χ4v) is 2.12. The fraction of sp³-hybridized carbons (Fsp3) is 0.455. The molecule has 86 valence electrons. The Morgan fingerprint density at radius 3 is 3.06 bits per heavy atom. The molecule has 2 rings (SSSR count). The Balaban J connectivity index is 2.26. The number of aromatic nitrogens is 1. The number of hydrogen-bond donors (Lipinski definition) is 2. The Hall–Kier alpha value is -1.78. The topological polar surface area (TPSA) is 79.5 Å². The van der Waals surface area contributed by atoms with Crippen molar-refractivity contribution in [1.82, 2.24) is 9.88 Å². The van der Waals surface area contributed by atoms with Crippen LogP contribution >= 0.6 is 0 Å². The first-order valence-corrected chi connectivity index (χ1v) is 5.39. The van der Waals surface area contributed by atoms with E-state index in [1.54, 1.807) is 18.3 Å². The van der Waals surface area contributed by atoms with Crippen LogP contribution in [0.1, 0.15) is 31.0 Å². The van der Waals surface area contributed by atoms with Crippen molar-refractivity contribution in [2.45, 2.75) is 25.3 Å². The highest BCUT2D eigenvalue weighted by atomic mass is 16.4. The first-order chi connectivity index (χ1) is 7.68. The molecule has 1 aliphatic heterocycles. The molecular formula is C11H15N3O2. The van der Waals surface area contributed by atoms with Crippen molar-refractivity contribution in [3.8, 4) is 0 Å². The zero-order valence-electron chi connectivity index (χ0n) is 8.97. The van der Waals surface area contributed by atoms with E-state index in [2.05, 4.69) is 4.98 Å². The Kier molecular flexibility index (Phi) is 2.94. The summed E-state index contributed by atoms with van der Waals surface area (Å²) < 4.78 is 0. The van der Waals surface area contributed by atoms with Gasteiger partial charge in [-0.1, -0.05) is 0 Å². The van der Waals surface area contributed by atoms with Crippen LogP contribution in [0.2, 0.25) is 0 Å². The molecule has 1 amide bonds. The van der Waals surface area contributed by atoms with Gasteiger partial charge in [-0.15, -0.1) is 0 Å². The minimum Gasteiger partial charge on any atom is -0.465 e. The molecule has 1 unspecified atom stereocenters. The summed E-state index contributed by atoms with van der Waals surface area (Å²) in [6.07, 6.45) is 3.52. The number of carboxylic acid groups (broad SMARTS) is 1. The molecule has 3 N–H and O–H groups in total. The molecule has 5 heteroatoms. The van der Waals surface area contributed by atoms with Crippen LogP contribution in [0.25, 0.3) is 0 Å². The van der Waals surface area contributed by atoms with Crippen LogP contribution in [0.3, 0.4) is 0 Å². The molecule has 0 radical (unpaired) electrons. The van der Waals surface area contributed by atoms with Gasteiger partial charge in [-0.3, -0.25) is 9.88 Å². The largest absolute Gasteiger partial charge is 0.465 e. The van der Waals surface area contributed by atoms with E-state index in [-0.39, 0.29) is 6.04 Å². The quantitative estimate of drug-likeness (QED) is 0.758. The van der Waals surface area contributed by atoms with Gasteiger partial charge in [0.25, 0.3) is 0 Å². The van der Waals surface area contributed by atoms with Gasteiger partial charge >= 0.3 is 6.09 Å². The summed E-state index contributed by atoms with van der Waals surface area (Å²) in [7, 11) is 0. The lowest BCUT2D eigenvalue weighted by Gasteiger charge is -2.33. The summed E-state index contributed by atoms with van der Waals surface area (Å²) in [5, 5.41) is 9.11. The molecule has 1 aromatic heterocycles. The molecule has 0 aliphatic carbocycles. The van der Waals surface area contributed by atoms with Crippen LogP contribution in [-0.4, -0.2) is 27.6 Å². The maximum absolute atomic E-state index is 11.1. The molecule has 1 fully saturated rings. The van der Waals surface area contributed by atoms with Gasteiger partial charge in [-0.25, -0.2) is 4.79 Å². The third kappa shape index (κ3) is 2.08. The third-order valence-electron chi connectivity index (χ3n) is 2.90. The van der Waals surface area contributed by atoms with Crippen molar-refractivity contribution < 1.29 is 9.90 Å². The molecule has 1 aliphatic rings. The third-order valence-corrected chi connectivity index (χ3v) is 2.90. The summed E-state index contributed by atoms with van der Waals surface area (Å²) >= 11 is 0. The maximum atomic E-state index is 11.1. The standard InChI is InChI=1S/C11H15N3O2/c12-8-4-5-13-9(7-8)10-3-1-2-6-14(10)11(15)16/h4-5,7,10H,1-3,6H2,(H2,12,13)(H,15,16). The first kappa shape index (κ1) is 10.7. The molecule has 2 heterocycles. The first-order valence-electron chi connectivity index (χ1n) is 5.39. The molecule has 5 nitrogen and oxygen atoms in total. The normalized spacial score (nSPS) is 20.8. The highest BCUT2D eigenvalue weighted by molar-refractivity contribution is 5.66. The monoisotopic (exact) mass is 221 g/mol. The SMILES string of the molecule is Nc1ccnc(C2CCCCN2C(=O)O)c1. The van der Waals surface area contributed by atoms with Gasteiger partial charge in [0.05, 0.1) is 11.7 Å². The number of pyridine rings is 1. The summed E-state index contributed by atoms with van der Waals surface area (Å²) in [6.45, 7) is 0.580. The van der Waals surface area contributed by atoms with Gasteiger partial charge in [0, 0.05) is 18.4 Å². The van der Waals surface area contributed by atoms with Gasteiger partial charge in [0.1, 0.15) is 0 Å². The van der Waals surface area contributed by atoms with E-state index in [1.165, 1.54) is 4.90 Å². The van der Waals surface area contributed by atoms with Gasteiger partial charge in [0.2, 0.25) is 0 Å². The number of carbonyl (C=O) groups is 1. The molecule has 0 saturated carbocycles. The molecule has 0 spiro atoms. The van der Waals surface area contributed by atoms with Crippen molar-refractivity contribution in [2.75, 3.05) is 12.3 Å². The van der Waals surface area contributed by atoms with E-state index < -0.39 is 6.09 Å². The van der Waals surface area contributed by atoms with E-state index in [9.17, 15) is 4.79 Å². The number of hydrogen-bond acceptors (Lipinski definition) is 3. The van der Waals surface area contributed by atoms with Crippen molar-refractivity contribution in [3.05, 3.63) is 24.0 Å². The average Bonchev–Trinajstić information content (AvgIpc) is 2.29. The summed E-state index contributed by atoms with van der Waals surface area (Å²) in [6, 6.07) is 3.32. The second-order valence-electron chi connectivity index (χ2n) is 4.00. The minimum absolute atomic E-state index is 0.144. The second-order valence-corrected chi connectivity index (χ2v) is 4.00. The van der Waals surface area contributed by atoms with Crippen molar-refractivity contribution in [3.63, 3.8) is 0 Å². The number of rotatable bonds is 1. The van der Waals surface area contributed by atoms with E-state index >= 15 is 0 Å². The summed E-state index contributed by atoms with van der Waals surface area (Å²) in [4.78, 5) is 16.8. The van der Waals surface area contributed by atoms with Gasteiger partial charge in [-0.05, 0) is 31.4 Å². The predicted molar refractivity (Wildman–Crippen MR) is 60.0 cm³/mol. The van der Waals surface area contributed by atoms with Crippen LogP contribution in [0, 0.1) is 0 Å². The van der Waals surface area contributed by atoms with Crippen molar-refractivity contribution in [1.29, 1.82) is 0 Å². The van der Waals surface area contributed by atoms with Gasteiger partial charge in [-0.2, -0.15) is 0 Å². The van der Waals surface area contributed by atoms with Crippen LogP contribution in [0.15, 0.2) is 18.3 Å². The summed E-state index contributed by atoms with van der Waals surface area (Å²) in [5.41, 5.74) is 7.06. The van der Waals surface area contributed by atoms with Crippen LogP contribution in [-0.2, 0) is 0 Å². The molecular weight excluding hydrogens is 206 g/mol. The number of piperidine rings is 1. The number of nitrogens with zero attached hydrogens (tertiary/aromatic N) is 2. The van der Waals surface area contributed by atoms with Crippen LogP contribution < -0.4 is 5.73 Å². The van der Waals surface area contributed by atoms with Crippen LogP contribution in [0.4, 0.5) is 10.5 Å². The highest BCUT2D eigenvalue weighted by Crippen LogP contribution is 2.30. The second kappa shape index (κ2) is 4.38. The average molecular weight is 221 g/mol. The van der Waals surface area contributed by atoms with Crippen LogP contribution in [0.5, 0.6) is 0 Å². The van der Waals surface area contributed by atoms with Crippen molar-refractivity contribution >= 4 is 11.8 Å². The Morgan fingerprint density at radius 2 is 2.38 bits per heavy atom. The van der Waals surface area contributed by atoms with E-state index in [1.807, 2.05) is 0 Å². The predicted octanol–water partition coefficient (Wildman–Crippen LogP) is 1.87. The summed E-state index contributed by atoms with van der Waals surface area (Å²) in [5.74, 6) is 0. The molecule has 1 saturated heterocycles. The van der Waals surface area contributed by atoms with E-state index in [4.69, 9.17) is 10.8 Å². The number of amides is 1.